The number of thiazole rings is 1. The molecular weight excluding hydrogens is 220 g/mol. The number of aryl methyl sites for hydroxylation is 1. The maximum absolute atomic E-state index is 10.7. The van der Waals surface area contributed by atoms with Crippen molar-refractivity contribution in [1.29, 1.82) is 5.26 Å². The van der Waals surface area contributed by atoms with Crippen molar-refractivity contribution in [1.82, 2.24) is 4.98 Å². The molecule has 4 nitrogen and oxygen atoms in total. The number of carbonyl (C=O) groups is 1. The molecule has 0 amide bonds. The van der Waals surface area contributed by atoms with Crippen molar-refractivity contribution in [3.8, 4) is 6.07 Å². The van der Waals surface area contributed by atoms with Crippen LogP contribution in [0.1, 0.15) is 22.3 Å². The van der Waals surface area contributed by atoms with Crippen LogP contribution in [0.2, 0.25) is 0 Å². The molecular formula is C8H8N2O2S2. The van der Waals surface area contributed by atoms with Crippen LogP contribution < -0.4 is 0 Å². The van der Waals surface area contributed by atoms with Gasteiger partial charge in [0.15, 0.2) is 4.34 Å². The highest BCUT2D eigenvalue weighted by atomic mass is 32.2. The van der Waals surface area contributed by atoms with Gasteiger partial charge in [-0.25, -0.2) is 9.78 Å². The van der Waals surface area contributed by atoms with Gasteiger partial charge >= 0.3 is 5.97 Å². The van der Waals surface area contributed by atoms with Crippen molar-refractivity contribution in [2.75, 3.05) is 0 Å². The summed E-state index contributed by atoms with van der Waals surface area (Å²) in [5, 5.41) is 17.1. The average Bonchev–Trinajstić information content (AvgIpc) is 2.46. The molecule has 1 atom stereocenters. The third-order valence-corrected chi connectivity index (χ3v) is 3.66. The van der Waals surface area contributed by atoms with E-state index in [0.29, 0.717) is 10.0 Å². The minimum atomic E-state index is -0.962. The summed E-state index contributed by atoms with van der Waals surface area (Å²) < 4.78 is 0.633. The monoisotopic (exact) mass is 228 g/mol. The summed E-state index contributed by atoms with van der Waals surface area (Å²) in [7, 11) is 0. The van der Waals surface area contributed by atoms with E-state index in [2.05, 4.69) is 11.1 Å². The number of nitrogens with zero attached hydrogens (tertiary/aromatic N) is 2. The van der Waals surface area contributed by atoms with E-state index < -0.39 is 5.97 Å². The number of hydrogen-bond acceptors (Lipinski definition) is 5. The van der Waals surface area contributed by atoms with Crippen LogP contribution in [0.25, 0.3) is 0 Å². The first-order valence-corrected chi connectivity index (χ1v) is 5.51. The molecule has 0 spiro atoms. The highest BCUT2D eigenvalue weighted by Crippen LogP contribution is 2.29. The molecule has 0 saturated carbocycles. The minimum absolute atomic E-state index is 0.206. The molecule has 1 unspecified atom stereocenters. The Morgan fingerprint density at radius 2 is 2.43 bits per heavy atom. The molecule has 0 radical (unpaired) electrons. The number of thioether (sulfide) groups is 1. The standard InChI is InChI=1S/C8H8N2O2S2/c1-4(3-9)13-8-10-5(2)6(14-8)7(11)12/h4H,1-2H3,(H,11,12). The Morgan fingerprint density at radius 1 is 1.79 bits per heavy atom. The molecule has 1 aromatic rings. The topological polar surface area (TPSA) is 74.0 Å². The van der Waals surface area contributed by atoms with Crippen LogP contribution in [-0.4, -0.2) is 21.3 Å². The number of aromatic carboxylic acids is 1. The van der Waals surface area contributed by atoms with Crippen molar-refractivity contribution in [3.05, 3.63) is 10.6 Å². The van der Waals surface area contributed by atoms with Crippen LogP contribution in [0, 0.1) is 18.3 Å². The molecule has 74 valence electrons. The molecule has 1 rings (SSSR count). The Balaban J connectivity index is 2.87. The number of carboxylic acid groups (broad SMARTS) is 1. The number of hydrogen-bond donors (Lipinski definition) is 1. The fourth-order valence-corrected chi connectivity index (χ4v) is 2.86. The largest absolute Gasteiger partial charge is 0.477 e. The molecule has 0 saturated heterocycles. The zero-order chi connectivity index (χ0) is 10.7. The smallest absolute Gasteiger partial charge is 0.347 e. The fraction of sp³-hybridized carbons (Fsp3) is 0.375. The van der Waals surface area contributed by atoms with Crippen molar-refractivity contribution < 1.29 is 9.90 Å². The predicted molar refractivity (Wildman–Crippen MR) is 54.7 cm³/mol. The van der Waals surface area contributed by atoms with Gasteiger partial charge < -0.3 is 5.11 Å². The third kappa shape index (κ3) is 2.47. The number of aromatic nitrogens is 1. The fourth-order valence-electron chi connectivity index (χ4n) is 0.798. The highest BCUT2D eigenvalue weighted by molar-refractivity contribution is 8.01. The van der Waals surface area contributed by atoms with Crippen molar-refractivity contribution in [2.45, 2.75) is 23.4 Å². The second kappa shape index (κ2) is 4.44. The summed E-state index contributed by atoms with van der Waals surface area (Å²) in [6, 6.07) is 2.05. The second-order valence-corrected chi connectivity index (χ2v) is 5.18. The van der Waals surface area contributed by atoms with E-state index in [1.54, 1.807) is 13.8 Å². The van der Waals surface area contributed by atoms with Crippen LogP contribution in [0.3, 0.4) is 0 Å². The molecule has 6 heteroatoms. The number of nitriles is 1. The lowest BCUT2D eigenvalue weighted by Crippen LogP contribution is -1.94. The molecule has 0 bridgehead atoms. The zero-order valence-electron chi connectivity index (χ0n) is 7.64. The van der Waals surface area contributed by atoms with E-state index in [0.717, 1.165) is 11.3 Å². The predicted octanol–water partition coefficient (Wildman–Crippen LogP) is 2.15. The summed E-state index contributed by atoms with van der Waals surface area (Å²) in [4.78, 5) is 15.0. The Bertz CT molecular complexity index is 395. The van der Waals surface area contributed by atoms with Gasteiger partial charge in [-0.1, -0.05) is 11.8 Å². The van der Waals surface area contributed by atoms with E-state index >= 15 is 0 Å². The summed E-state index contributed by atoms with van der Waals surface area (Å²) in [5.74, 6) is -0.962. The van der Waals surface area contributed by atoms with Gasteiger partial charge in [0, 0.05) is 0 Å². The zero-order valence-corrected chi connectivity index (χ0v) is 9.28. The summed E-state index contributed by atoms with van der Waals surface area (Å²) in [6.07, 6.45) is 0. The SMILES string of the molecule is Cc1nc(SC(C)C#N)sc1C(=O)O. The molecule has 1 heterocycles. The first-order chi connectivity index (χ1) is 6.54. The first kappa shape index (κ1) is 11.0. The summed E-state index contributed by atoms with van der Waals surface area (Å²) in [6.45, 7) is 3.41. The average molecular weight is 228 g/mol. The summed E-state index contributed by atoms with van der Waals surface area (Å²) >= 11 is 2.39. The molecule has 0 aliphatic heterocycles. The number of rotatable bonds is 3. The van der Waals surface area contributed by atoms with E-state index in [4.69, 9.17) is 10.4 Å². The molecule has 1 aromatic heterocycles. The maximum Gasteiger partial charge on any atom is 0.347 e. The lowest BCUT2D eigenvalue weighted by molar-refractivity contribution is 0.0701. The Morgan fingerprint density at radius 3 is 2.86 bits per heavy atom. The Kier molecular flexibility index (Phi) is 3.49. The molecule has 1 N–H and O–H groups in total. The van der Waals surface area contributed by atoms with Gasteiger partial charge in [-0.2, -0.15) is 5.26 Å². The van der Waals surface area contributed by atoms with Crippen LogP contribution in [-0.2, 0) is 0 Å². The first-order valence-electron chi connectivity index (χ1n) is 3.81. The molecule has 0 aromatic carbocycles. The normalized spacial score (nSPS) is 12.1. The summed E-state index contributed by atoms with van der Waals surface area (Å²) in [5.41, 5.74) is 0.509. The maximum atomic E-state index is 10.7. The van der Waals surface area contributed by atoms with Gasteiger partial charge in [-0.3, -0.25) is 0 Å². The third-order valence-electron chi connectivity index (χ3n) is 1.43. The van der Waals surface area contributed by atoms with Crippen LogP contribution in [0.5, 0.6) is 0 Å². The van der Waals surface area contributed by atoms with Crippen LogP contribution in [0.15, 0.2) is 4.34 Å². The number of carboxylic acids is 1. The van der Waals surface area contributed by atoms with Crippen molar-refractivity contribution in [2.24, 2.45) is 0 Å². The van der Waals surface area contributed by atoms with E-state index in [1.165, 1.54) is 11.8 Å². The quantitative estimate of drug-likeness (QED) is 0.802. The molecule has 14 heavy (non-hydrogen) atoms. The van der Waals surface area contributed by atoms with Crippen molar-refractivity contribution >= 4 is 29.1 Å². The van der Waals surface area contributed by atoms with Crippen LogP contribution >= 0.6 is 23.1 Å². The molecule has 0 fully saturated rings. The van der Waals surface area contributed by atoms with Gasteiger partial charge in [-0.05, 0) is 13.8 Å². The van der Waals surface area contributed by atoms with Crippen molar-refractivity contribution in [3.63, 3.8) is 0 Å². The van der Waals surface area contributed by atoms with Gasteiger partial charge in [0.2, 0.25) is 0 Å². The van der Waals surface area contributed by atoms with Gasteiger partial charge in [0.1, 0.15) is 4.88 Å². The van der Waals surface area contributed by atoms with Gasteiger partial charge in [0.25, 0.3) is 0 Å². The van der Waals surface area contributed by atoms with E-state index in [9.17, 15) is 4.79 Å². The Hall–Kier alpha value is -1.06. The van der Waals surface area contributed by atoms with E-state index in [1.807, 2.05) is 0 Å². The second-order valence-electron chi connectivity index (χ2n) is 2.59. The Labute approximate surface area is 89.6 Å². The highest BCUT2D eigenvalue weighted by Gasteiger charge is 2.15. The van der Waals surface area contributed by atoms with Gasteiger partial charge in [-0.15, -0.1) is 11.3 Å². The minimum Gasteiger partial charge on any atom is -0.477 e. The van der Waals surface area contributed by atoms with Gasteiger partial charge in [0.05, 0.1) is 17.0 Å². The lowest BCUT2D eigenvalue weighted by atomic mass is 10.4. The van der Waals surface area contributed by atoms with E-state index in [-0.39, 0.29) is 10.1 Å². The molecule has 0 aliphatic rings. The van der Waals surface area contributed by atoms with Crippen LogP contribution in [0.4, 0.5) is 0 Å². The molecule has 0 aliphatic carbocycles. The lowest BCUT2D eigenvalue weighted by Gasteiger charge is -1.94.